The molecule has 0 aromatic heterocycles. The number of halogens is 3. The van der Waals surface area contributed by atoms with Gasteiger partial charge in [-0.3, -0.25) is 0 Å². The highest BCUT2D eigenvalue weighted by atomic mass is 19.4. The molecule has 0 bridgehead atoms. The Balaban J connectivity index is 2.91. The Labute approximate surface area is 92.2 Å². The third kappa shape index (κ3) is 2.85. The molecule has 0 spiro atoms. The molecule has 0 fully saturated rings. The van der Waals surface area contributed by atoms with E-state index < -0.39 is 17.8 Å². The Morgan fingerprint density at radius 3 is 2.12 bits per heavy atom. The van der Waals surface area contributed by atoms with Gasteiger partial charge >= 0.3 is 6.18 Å². The summed E-state index contributed by atoms with van der Waals surface area (Å²) in [5.41, 5.74) is -0.0306. The quantitative estimate of drug-likeness (QED) is 0.789. The fourth-order valence-electron chi connectivity index (χ4n) is 1.38. The van der Waals surface area contributed by atoms with E-state index in [0.717, 1.165) is 12.1 Å². The van der Waals surface area contributed by atoms with E-state index in [1.165, 1.54) is 18.2 Å². The van der Waals surface area contributed by atoms with Crippen LogP contribution in [0.3, 0.4) is 0 Å². The number of hydrogen-bond donors (Lipinski definition) is 1. The third-order valence-corrected chi connectivity index (χ3v) is 2.52. The molecule has 2 unspecified atom stereocenters. The van der Waals surface area contributed by atoms with Gasteiger partial charge in [0.2, 0.25) is 0 Å². The zero-order chi connectivity index (χ0) is 12.3. The van der Waals surface area contributed by atoms with E-state index in [0.29, 0.717) is 5.56 Å². The van der Waals surface area contributed by atoms with Gasteiger partial charge < -0.3 is 5.11 Å². The van der Waals surface area contributed by atoms with Gasteiger partial charge in [-0.25, -0.2) is 0 Å². The van der Waals surface area contributed by atoms with Crippen molar-refractivity contribution in [2.75, 3.05) is 0 Å². The fourth-order valence-corrected chi connectivity index (χ4v) is 1.38. The fraction of sp³-hybridized carbons (Fsp3) is 0.333. The van der Waals surface area contributed by atoms with E-state index in [9.17, 15) is 18.3 Å². The number of hydrogen-bond acceptors (Lipinski definition) is 1. The first-order valence-corrected chi connectivity index (χ1v) is 4.84. The van der Waals surface area contributed by atoms with Crippen LogP contribution in [0.4, 0.5) is 13.2 Å². The highest BCUT2D eigenvalue weighted by Gasteiger charge is 2.30. The molecule has 1 nitrogen and oxygen atoms in total. The van der Waals surface area contributed by atoms with E-state index in [2.05, 4.69) is 6.58 Å². The van der Waals surface area contributed by atoms with Crippen molar-refractivity contribution in [2.45, 2.75) is 25.1 Å². The zero-order valence-corrected chi connectivity index (χ0v) is 8.83. The minimum Gasteiger partial charge on any atom is -0.388 e. The maximum absolute atomic E-state index is 12.3. The van der Waals surface area contributed by atoms with Gasteiger partial charge in [0.05, 0.1) is 11.7 Å². The molecule has 1 rings (SSSR count). The monoisotopic (exact) mass is 230 g/mol. The highest BCUT2D eigenvalue weighted by molar-refractivity contribution is 5.28. The Kier molecular flexibility index (Phi) is 3.75. The summed E-state index contributed by atoms with van der Waals surface area (Å²) in [4.78, 5) is 0. The number of rotatable bonds is 3. The van der Waals surface area contributed by atoms with Crippen molar-refractivity contribution in [1.82, 2.24) is 0 Å². The molecule has 0 aliphatic carbocycles. The summed E-state index contributed by atoms with van der Waals surface area (Å²) < 4.78 is 36.8. The van der Waals surface area contributed by atoms with E-state index >= 15 is 0 Å². The molecule has 0 radical (unpaired) electrons. The van der Waals surface area contributed by atoms with Crippen molar-refractivity contribution in [2.24, 2.45) is 0 Å². The molecule has 1 aromatic rings. The molecular formula is C12H13F3O. The van der Waals surface area contributed by atoms with Gasteiger partial charge in [0, 0.05) is 5.92 Å². The lowest BCUT2D eigenvalue weighted by Crippen LogP contribution is -2.13. The van der Waals surface area contributed by atoms with Crippen LogP contribution in [-0.4, -0.2) is 11.2 Å². The summed E-state index contributed by atoms with van der Waals surface area (Å²) in [5, 5.41) is 9.47. The standard InChI is InChI=1S/C12H13F3O/c1-3-11(16)8(2)9-4-6-10(7-5-9)12(13,14)15/h3-8,11,16H,1H2,2H3. The van der Waals surface area contributed by atoms with Gasteiger partial charge in [-0.1, -0.05) is 25.1 Å². The molecule has 2 atom stereocenters. The molecule has 1 aromatic carbocycles. The topological polar surface area (TPSA) is 20.2 Å². The van der Waals surface area contributed by atoms with Gasteiger partial charge in [0.1, 0.15) is 0 Å². The maximum atomic E-state index is 12.3. The molecule has 0 heterocycles. The minimum atomic E-state index is -4.32. The molecule has 0 amide bonds. The van der Waals surface area contributed by atoms with Gasteiger partial charge in [-0.2, -0.15) is 13.2 Å². The lowest BCUT2D eigenvalue weighted by Gasteiger charge is -2.16. The van der Waals surface area contributed by atoms with Gasteiger partial charge in [-0.05, 0) is 17.7 Å². The van der Waals surface area contributed by atoms with Gasteiger partial charge in [0.25, 0.3) is 0 Å². The third-order valence-electron chi connectivity index (χ3n) is 2.52. The van der Waals surface area contributed by atoms with E-state index in [1.54, 1.807) is 6.92 Å². The number of alkyl halides is 3. The van der Waals surface area contributed by atoms with Gasteiger partial charge in [-0.15, -0.1) is 6.58 Å². The van der Waals surface area contributed by atoms with Crippen LogP contribution in [0, 0.1) is 0 Å². The SMILES string of the molecule is C=CC(O)C(C)c1ccc(C(F)(F)F)cc1. The molecule has 0 aliphatic heterocycles. The smallest absolute Gasteiger partial charge is 0.388 e. The van der Waals surface area contributed by atoms with Gasteiger partial charge in [0.15, 0.2) is 0 Å². The average molecular weight is 230 g/mol. The summed E-state index contributed by atoms with van der Waals surface area (Å²) in [6.45, 7) is 5.17. The van der Waals surface area contributed by atoms with Crippen molar-refractivity contribution in [1.29, 1.82) is 0 Å². The zero-order valence-electron chi connectivity index (χ0n) is 8.83. The second-order valence-corrected chi connectivity index (χ2v) is 3.63. The predicted octanol–water partition coefficient (Wildman–Crippen LogP) is 3.36. The summed E-state index contributed by atoms with van der Waals surface area (Å²) in [7, 11) is 0. The first-order chi connectivity index (χ1) is 7.36. The first-order valence-electron chi connectivity index (χ1n) is 4.84. The molecule has 1 N–H and O–H groups in total. The largest absolute Gasteiger partial charge is 0.416 e. The van der Waals surface area contributed by atoms with Crippen LogP contribution < -0.4 is 0 Å². The minimum absolute atomic E-state index is 0.264. The Morgan fingerprint density at radius 2 is 1.75 bits per heavy atom. The predicted molar refractivity (Wildman–Crippen MR) is 56.1 cm³/mol. The lowest BCUT2D eigenvalue weighted by molar-refractivity contribution is -0.137. The van der Waals surface area contributed by atoms with Crippen LogP contribution in [0.5, 0.6) is 0 Å². The van der Waals surface area contributed by atoms with Crippen LogP contribution in [-0.2, 0) is 6.18 Å². The Morgan fingerprint density at radius 1 is 1.25 bits per heavy atom. The van der Waals surface area contributed by atoms with Crippen molar-refractivity contribution < 1.29 is 18.3 Å². The van der Waals surface area contributed by atoms with Crippen LogP contribution >= 0.6 is 0 Å². The van der Waals surface area contributed by atoms with Crippen molar-refractivity contribution >= 4 is 0 Å². The molecule has 0 saturated carbocycles. The first kappa shape index (κ1) is 12.8. The maximum Gasteiger partial charge on any atom is 0.416 e. The summed E-state index contributed by atoms with van der Waals surface area (Å²) >= 11 is 0. The summed E-state index contributed by atoms with van der Waals surface area (Å²) in [6.07, 6.45) is -3.71. The lowest BCUT2D eigenvalue weighted by atomic mass is 9.94. The number of benzene rings is 1. The molecule has 0 saturated heterocycles. The molecule has 16 heavy (non-hydrogen) atoms. The second-order valence-electron chi connectivity index (χ2n) is 3.63. The molecule has 88 valence electrons. The van der Waals surface area contributed by atoms with Crippen LogP contribution in [0.1, 0.15) is 24.0 Å². The molecule has 4 heteroatoms. The Hall–Kier alpha value is -1.29. The number of aliphatic hydroxyl groups excluding tert-OH is 1. The van der Waals surface area contributed by atoms with E-state index in [1.807, 2.05) is 0 Å². The van der Waals surface area contributed by atoms with Crippen molar-refractivity contribution in [3.8, 4) is 0 Å². The normalized spacial score (nSPS) is 15.6. The Bertz CT molecular complexity index is 354. The van der Waals surface area contributed by atoms with Crippen LogP contribution in [0.2, 0.25) is 0 Å². The van der Waals surface area contributed by atoms with Crippen molar-refractivity contribution in [3.63, 3.8) is 0 Å². The summed E-state index contributed by atoms with van der Waals surface area (Å²) in [5.74, 6) is -0.264. The highest BCUT2D eigenvalue weighted by Crippen LogP contribution is 2.30. The molecular weight excluding hydrogens is 217 g/mol. The average Bonchev–Trinajstić information content (AvgIpc) is 2.26. The van der Waals surface area contributed by atoms with E-state index in [4.69, 9.17) is 0 Å². The molecule has 0 aliphatic rings. The number of aliphatic hydroxyl groups is 1. The summed E-state index contributed by atoms with van der Waals surface area (Å²) in [6, 6.07) is 4.78. The second kappa shape index (κ2) is 4.70. The van der Waals surface area contributed by atoms with Crippen LogP contribution in [0.25, 0.3) is 0 Å². The van der Waals surface area contributed by atoms with Crippen LogP contribution in [0.15, 0.2) is 36.9 Å². The van der Waals surface area contributed by atoms with E-state index in [-0.39, 0.29) is 5.92 Å². The van der Waals surface area contributed by atoms with Crippen molar-refractivity contribution in [3.05, 3.63) is 48.0 Å².